The highest BCUT2D eigenvalue weighted by atomic mass is 32.1. The van der Waals surface area contributed by atoms with Crippen molar-refractivity contribution in [2.24, 2.45) is 5.92 Å². The van der Waals surface area contributed by atoms with Crippen LogP contribution in [0.15, 0.2) is 35.8 Å². The molecule has 3 heterocycles. The summed E-state index contributed by atoms with van der Waals surface area (Å²) in [6.07, 6.45) is 2.58. The van der Waals surface area contributed by atoms with Crippen molar-refractivity contribution >= 4 is 28.9 Å². The first-order valence-corrected chi connectivity index (χ1v) is 10.2. The van der Waals surface area contributed by atoms with E-state index in [0.717, 1.165) is 22.6 Å². The molecule has 0 aliphatic carbocycles. The van der Waals surface area contributed by atoms with E-state index in [-0.39, 0.29) is 11.1 Å². The highest BCUT2D eigenvalue weighted by Gasteiger charge is 2.21. The molecule has 28 heavy (non-hydrogen) atoms. The van der Waals surface area contributed by atoms with E-state index in [2.05, 4.69) is 50.0 Å². The second-order valence-corrected chi connectivity index (χ2v) is 9.18. The van der Waals surface area contributed by atoms with Crippen LogP contribution in [0, 0.1) is 5.92 Å². The minimum atomic E-state index is -1.02. The van der Waals surface area contributed by atoms with Crippen molar-refractivity contribution in [3.8, 4) is 10.4 Å². The number of hydrogen-bond donors (Lipinski definition) is 2. The number of nitrogens with one attached hydrogen (secondary N) is 1. The smallest absolute Gasteiger partial charge is 0.339 e. The van der Waals surface area contributed by atoms with E-state index < -0.39 is 5.97 Å². The topological polar surface area (TPSA) is 80.0 Å². The number of hydrogen-bond acceptors (Lipinski definition) is 5. The van der Waals surface area contributed by atoms with Crippen molar-refractivity contribution in [1.29, 1.82) is 0 Å². The molecule has 0 spiro atoms. The molecule has 2 N–H and O–H groups in total. The first kappa shape index (κ1) is 20.1. The monoisotopic (exact) mass is 398 g/mol. The largest absolute Gasteiger partial charge is 0.478 e. The van der Waals surface area contributed by atoms with Gasteiger partial charge in [0.25, 0.3) is 0 Å². The van der Waals surface area contributed by atoms with Gasteiger partial charge in [0.1, 0.15) is 11.4 Å². The van der Waals surface area contributed by atoms with Gasteiger partial charge < -0.3 is 10.4 Å². The highest BCUT2D eigenvalue weighted by Crippen LogP contribution is 2.29. The molecule has 0 saturated heterocycles. The number of carboxylic acids is 1. The van der Waals surface area contributed by atoms with Crippen LogP contribution < -0.4 is 5.32 Å². The van der Waals surface area contributed by atoms with Crippen molar-refractivity contribution in [3.05, 3.63) is 47.1 Å². The summed E-state index contributed by atoms with van der Waals surface area (Å²) in [7, 11) is 0. The number of anilines is 2. The van der Waals surface area contributed by atoms with Crippen molar-refractivity contribution < 1.29 is 9.90 Å². The Kier molecular flexibility index (Phi) is 5.56. The van der Waals surface area contributed by atoms with Crippen LogP contribution in [-0.4, -0.2) is 25.8 Å². The number of thiophene rings is 1. The second-order valence-electron chi connectivity index (χ2n) is 8.23. The molecule has 0 atom stereocenters. The lowest BCUT2D eigenvalue weighted by atomic mass is 10.1. The van der Waals surface area contributed by atoms with Gasteiger partial charge in [-0.05, 0) is 50.6 Å². The number of rotatable bonds is 6. The molecule has 6 nitrogen and oxygen atoms in total. The van der Waals surface area contributed by atoms with Gasteiger partial charge in [-0.3, -0.25) is 4.68 Å². The van der Waals surface area contributed by atoms with E-state index in [1.165, 1.54) is 0 Å². The first-order chi connectivity index (χ1) is 13.1. The molecule has 0 unspecified atom stereocenters. The minimum Gasteiger partial charge on any atom is -0.478 e. The molecule has 0 amide bonds. The van der Waals surface area contributed by atoms with Crippen LogP contribution in [0.1, 0.15) is 50.7 Å². The zero-order chi connectivity index (χ0) is 20.5. The Morgan fingerprint density at radius 1 is 1.32 bits per heavy atom. The van der Waals surface area contributed by atoms with Gasteiger partial charge in [-0.15, -0.1) is 11.3 Å². The Labute approximate surface area is 169 Å². The average molecular weight is 399 g/mol. The summed E-state index contributed by atoms with van der Waals surface area (Å²) in [6, 6.07) is 7.51. The molecule has 0 aromatic carbocycles. The van der Waals surface area contributed by atoms with Gasteiger partial charge in [0.2, 0.25) is 0 Å². The molecule has 3 aromatic rings. The Morgan fingerprint density at radius 2 is 2.07 bits per heavy atom. The summed E-state index contributed by atoms with van der Waals surface area (Å²) in [5.74, 6) is 0.362. The van der Waals surface area contributed by atoms with E-state index in [0.29, 0.717) is 17.6 Å². The lowest BCUT2D eigenvalue weighted by Crippen LogP contribution is -2.26. The van der Waals surface area contributed by atoms with E-state index >= 15 is 0 Å². The van der Waals surface area contributed by atoms with Crippen molar-refractivity contribution in [1.82, 2.24) is 14.8 Å². The molecule has 148 valence electrons. The van der Waals surface area contributed by atoms with E-state index in [1.54, 1.807) is 23.6 Å². The maximum absolute atomic E-state index is 11.8. The lowest BCUT2D eigenvalue weighted by Gasteiger charge is -2.23. The second kappa shape index (κ2) is 7.75. The van der Waals surface area contributed by atoms with Crippen LogP contribution in [0.3, 0.4) is 0 Å². The normalized spacial score (nSPS) is 11.8. The zero-order valence-corrected chi connectivity index (χ0v) is 17.7. The van der Waals surface area contributed by atoms with E-state index in [1.807, 2.05) is 28.3 Å². The minimum absolute atomic E-state index is 0.126. The molecule has 0 bridgehead atoms. The first-order valence-electron chi connectivity index (χ1n) is 9.29. The summed E-state index contributed by atoms with van der Waals surface area (Å²) in [4.78, 5) is 17.2. The number of aromatic nitrogens is 3. The van der Waals surface area contributed by atoms with Crippen LogP contribution >= 0.6 is 11.3 Å². The Morgan fingerprint density at radius 3 is 2.64 bits per heavy atom. The third kappa shape index (κ3) is 4.42. The number of aromatic carboxylic acids is 1. The third-order valence-electron chi connectivity index (χ3n) is 4.21. The van der Waals surface area contributed by atoms with Crippen LogP contribution in [0.5, 0.6) is 0 Å². The predicted molar refractivity (Wildman–Crippen MR) is 114 cm³/mol. The van der Waals surface area contributed by atoms with Crippen molar-refractivity contribution in [2.45, 2.75) is 46.6 Å². The van der Waals surface area contributed by atoms with Crippen LogP contribution in [0.25, 0.3) is 10.4 Å². The van der Waals surface area contributed by atoms with Crippen LogP contribution in [-0.2, 0) is 12.0 Å². The molecule has 3 aromatic heterocycles. The Bertz CT molecular complexity index is 969. The Hall–Kier alpha value is -2.67. The number of carboxylic acid groups (broad SMARTS) is 1. The molecule has 0 aliphatic heterocycles. The molecule has 0 radical (unpaired) electrons. The number of carbonyl (C=O) groups is 1. The van der Waals surface area contributed by atoms with Gasteiger partial charge in [0.15, 0.2) is 5.82 Å². The molecule has 0 saturated carbocycles. The fourth-order valence-electron chi connectivity index (χ4n) is 3.05. The molecule has 0 fully saturated rings. The van der Waals surface area contributed by atoms with Gasteiger partial charge in [-0.1, -0.05) is 19.9 Å². The van der Waals surface area contributed by atoms with E-state index in [9.17, 15) is 9.90 Å². The number of pyridine rings is 1. The van der Waals surface area contributed by atoms with Crippen molar-refractivity contribution in [3.63, 3.8) is 0 Å². The van der Waals surface area contributed by atoms with Gasteiger partial charge in [-0.25, -0.2) is 9.78 Å². The SMILES string of the molecule is CC(C)Cc1cc(Nc2ncc(-c3cccs3)cc2C(=O)O)nn1C(C)(C)C. The fourth-order valence-corrected chi connectivity index (χ4v) is 3.76. The summed E-state index contributed by atoms with van der Waals surface area (Å²) < 4.78 is 2.00. The summed E-state index contributed by atoms with van der Waals surface area (Å²) in [5, 5.41) is 19.4. The summed E-state index contributed by atoms with van der Waals surface area (Å²) >= 11 is 1.55. The lowest BCUT2D eigenvalue weighted by molar-refractivity contribution is 0.0697. The molecule has 7 heteroatoms. The Balaban J connectivity index is 1.97. The van der Waals surface area contributed by atoms with Gasteiger partial charge in [0.05, 0.1) is 5.54 Å². The average Bonchev–Trinajstić information content (AvgIpc) is 3.24. The highest BCUT2D eigenvalue weighted by molar-refractivity contribution is 7.13. The van der Waals surface area contributed by atoms with E-state index in [4.69, 9.17) is 0 Å². The molecule has 0 aliphatic rings. The quantitative estimate of drug-likeness (QED) is 0.581. The van der Waals surface area contributed by atoms with Crippen LogP contribution in [0.2, 0.25) is 0 Å². The fraction of sp³-hybridized carbons (Fsp3) is 0.381. The molecular formula is C21H26N4O2S. The number of nitrogens with zero attached hydrogens (tertiary/aromatic N) is 3. The predicted octanol–water partition coefficient (Wildman–Crippen LogP) is 5.40. The van der Waals surface area contributed by atoms with Gasteiger partial charge in [-0.2, -0.15) is 5.10 Å². The standard InChI is InChI=1S/C21H26N4O2S/c1-13(2)9-15-11-18(24-25(15)21(3,4)5)23-19-16(20(26)27)10-14(12-22-19)17-7-6-8-28-17/h6-8,10-13H,9H2,1-5H3,(H,26,27)(H,22,23,24). The summed E-state index contributed by atoms with van der Waals surface area (Å²) in [6.45, 7) is 10.6. The molecular weight excluding hydrogens is 372 g/mol. The third-order valence-corrected chi connectivity index (χ3v) is 5.13. The summed E-state index contributed by atoms with van der Waals surface area (Å²) in [5.41, 5.74) is 1.85. The van der Waals surface area contributed by atoms with Crippen LogP contribution in [0.4, 0.5) is 11.6 Å². The van der Waals surface area contributed by atoms with Crippen molar-refractivity contribution in [2.75, 3.05) is 5.32 Å². The zero-order valence-electron chi connectivity index (χ0n) is 16.9. The van der Waals surface area contributed by atoms with Gasteiger partial charge >= 0.3 is 5.97 Å². The maximum atomic E-state index is 11.8. The van der Waals surface area contributed by atoms with Gasteiger partial charge in [0, 0.05) is 28.4 Å². The maximum Gasteiger partial charge on any atom is 0.339 e. The molecule has 3 rings (SSSR count).